The van der Waals surface area contributed by atoms with E-state index in [1.165, 1.54) is 16.7 Å². The molecule has 1 aliphatic heterocycles. The van der Waals surface area contributed by atoms with Gasteiger partial charge in [0.2, 0.25) is 5.91 Å². The van der Waals surface area contributed by atoms with Crippen LogP contribution in [0.3, 0.4) is 0 Å². The van der Waals surface area contributed by atoms with E-state index in [0.717, 1.165) is 30.6 Å². The monoisotopic (exact) mass is 376 g/mol. The largest absolute Gasteiger partial charge is 0.454 e. The molecule has 0 bridgehead atoms. The normalized spacial score (nSPS) is 22.5. The number of nitrogens with zero attached hydrogens (tertiary/aromatic N) is 1. The number of anilines is 1. The molecule has 0 aromatic heterocycles. The van der Waals surface area contributed by atoms with Crippen molar-refractivity contribution >= 4 is 35.2 Å². The van der Waals surface area contributed by atoms with E-state index in [4.69, 9.17) is 4.74 Å². The Hall–Kier alpha value is -2.02. The number of hydrogen-bond donors (Lipinski definition) is 1. The highest BCUT2D eigenvalue weighted by atomic mass is 32.2. The van der Waals surface area contributed by atoms with Gasteiger partial charge in [-0.1, -0.05) is 19.1 Å². The lowest BCUT2D eigenvalue weighted by molar-refractivity contribution is -0.147. The third-order valence-corrected chi connectivity index (χ3v) is 5.89. The second-order valence-electron chi connectivity index (χ2n) is 6.92. The first kappa shape index (κ1) is 18.8. The van der Waals surface area contributed by atoms with Gasteiger partial charge in [-0.25, -0.2) is 0 Å². The zero-order valence-electron chi connectivity index (χ0n) is 14.9. The van der Waals surface area contributed by atoms with Crippen LogP contribution in [0.4, 0.5) is 5.69 Å². The molecule has 1 N–H and O–H groups in total. The number of hydrogen-bond acceptors (Lipinski definition) is 5. The van der Waals surface area contributed by atoms with E-state index in [1.54, 1.807) is 0 Å². The number of carbonyl (C=O) groups is 3. The van der Waals surface area contributed by atoms with Crippen LogP contribution in [0.25, 0.3) is 0 Å². The Morgan fingerprint density at radius 3 is 2.73 bits per heavy atom. The van der Waals surface area contributed by atoms with Gasteiger partial charge in [0.15, 0.2) is 6.61 Å². The van der Waals surface area contributed by atoms with E-state index in [1.807, 2.05) is 24.3 Å². The van der Waals surface area contributed by atoms with E-state index < -0.39 is 5.97 Å². The SMILES string of the molecule is CC1CCC(NC(=O)COC(=O)CN2C(=O)CSc3ccccc32)CC1. The Morgan fingerprint density at radius 1 is 1.23 bits per heavy atom. The van der Waals surface area contributed by atoms with Crippen molar-refractivity contribution < 1.29 is 19.1 Å². The topological polar surface area (TPSA) is 75.7 Å². The van der Waals surface area contributed by atoms with Gasteiger partial charge in [0.25, 0.3) is 5.91 Å². The Balaban J connectivity index is 1.47. The van der Waals surface area contributed by atoms with Crippen LogP contribution in [0.5, 0.6) is 0 Å². The van der Waals surface area contributed by atoms with Crippen LogP contribution in [-0.4, -0.2) is 42.7 Å². The molecular formula is C19H24N2O4S. The Labute approximate surface area is 157 Å². The standard InChI is InChI=1S/C19H24N2O4S/c1-13-6-8-14(9-7-13)20-17(22)11-25-19(24)10-21-15-4-2-3-5-16(15)26-12-18(21)23/h2-5,13-14H,6-12H2,1H3,(H,20,22). The lowest BCUT2D eigenvalue weighted by atomic mass is 9.87. The summed E-state index contributed by atoms with van der Waals surface area (Å²) >= 11 is 1.46. The summed E-state index contributed by atoms with van der Waals surface area (Å²) in [5.41, 5.74) is 0.714. The number of esters is 1. The van der Waals surface area contributed by atoms with E-state index >= 15 is 0 Å². The second-order valence-corrected chi connectivity index (χ2v) is 7.94. The highest BCUT2D eigenvalue weighted by Gasteiger charge is 2.27. The fraction of sp³-hybridized carbons (Fsp3) is 0.526. The van der Waals surface area contributed by atoms with Gasteiger partial charge in [0.05, 0.1) is 11.4 Å². The van der Waals surface area contributed by atoms with Gasteiger partial charge < -0.3 is 10.1 Å². The molecule has 3 rings (SSSR count). The van der Waals surface area contributed by atoms with Crippen LogP contribution in [0.15, 0.2) is 29.2 Å². The van der Waals surface area contributed by atoms with Crippen molar-refractivity contribution in [2.45, 2.75) is 43.5 Å². The van der Waals surface area contributed by atoms with Crippen LogP contribution in [-0.2, 0) is 19.1 Å². The van der Waals surface area contributed by atoms with Crippen LogP contribution >= 0.6 is 11.8 Å². The maximum atomic E-state index is 12.1. The molecule has 2 amide bonds. The summed E-state index contributed by atoms with van der Waals surface area (Å²) in [6.07, 6.45) is 4.16. The average molecular weight is 376 g/mol. The van der Waals surface area contributed by atoms with Crippen molar-refractivity contribution in [3.63, 3.8) is 0 Å². The molecule has 0 atom stereocenters. The molecule has 1 aliphatic carbocycles. The molecule has 1 fully saturated rings. The third kappa shape index (κ3) is 4.78. The minimum Gasteiger partial charge on any atom is -0.454 e. The Morgan fingerprint density at radius 2 is 1.96 bits per heavy atom. The first-order valence-electron chi connectivity index (χ1n) is 9.00. The van der Waals surface area contributed by atoms with Gasteiger partial charge in [-0.05, 0) is 43.7 Å². The number of rotatable bonds is 5. The highest BCUT2D eigenvalue weighted by Crippen LogP contribution is 2.34. The minimum atomic E-state index is -0.576. The Kier molecular flexibility index (Phi) is 6.19. The molecule has 0 unspecified atom stereocenters. The van der Waals surface area contributed by atoms with Crippen molar-refractivity contribution in [2.75, 3.05) is 23.8 Å². The van der Waals surface area contributed by atoms with Gasteiger partial charge in [-0.15, -0.1) is 11.8 Å². The second kappa shape index (κ2) is 8.58. The molecule has 0 saturated heterocycles. The quantitative estimate of drug-likeness (QED) is 0.799. The summed E-state index contributed by atoms with van der Waals surface area (Å²) in [7, 11) is 0. The number of ether oxygens (including phenoxy) is 1. The molecule has 2 aliphatic rings. The summed E-state index contributed by atoms with van der Waals surface area (Å²) in [4.78, 5) is 38.6. The number of nitrogens with one attached hydrogen (secondary N) is 1. The molecule has 1 aromatic rings. The average Bonchev–Trinajstić information content (AvgIpc) is 2.64. The zero-order chi connectivity index (χ0) is 18.5. The first-order valence-corrected chi connectivity index (χ1v) is 9.98. The number of carbonyl (C=O) groups excluding carboxylic acids is 3. The lowest BCUT2D eigenvalue weighted by Gasteiger charge is -2.28. The minimum absolute atomic E-state index is 0.133. The van der Waals surface area contributed by atoms with Crippen molar-refractivity contribution in [1.29, 1.82) is 0 Å². The number of amides is 2. The van der Waals surface area contributed by atoms with Crippen molar-refractivity contribution in [1.82, 2.24) is 5.32 Å². The van der Waals surface area contributed by atoms with Crippen LogP contribution in [0.1, 0.15) is 32.6 Å². The van der Waals surface area contributed by atoms with Crippen molar-refractivity contribution in [3.05, 3.63) is 24.3 Å². The summed E-state index contributed by atoms with van der Waals surface area (Å²) in [5, 5.41) is 2.92. The highest BCUT2D eigenvalue weighted by molar-refractivity contribution is 8.00. The summed E-state index contributed by atoms with van der Waals surface area (Å²) < 4.78 is 5.08. The molecular weight excluding hydrogens is 352 g/mol. The fourth-order valence-corrected chi connectivity index (χ4v) is 4.26. The predicted molar refractivity (Wildman–Crippen MR) is 100 cm³/mol. The molecule has 1 heterocycles. The molecule has 1 saturated carbocycles. The van der Waals surface area contributed by atoms with Gasteiger partial charge in [0.1, 0.15) is 6.54 Å². The number of benzene rings is 1. The number of fused-ring (bicyclic) bond motifs is 1. The van der Waals surface area contributed by atoms with Gasteiger partial charge >= 0.3 is 5.97 Å². The maximum Gasteiger partial charge on any atom is 0.326 e. The third-order valence-electron chi connectivity index (χ3n) is 4.84. The summed E-state index contributed by atoms with van der Waals surface area (Å²) in [5.74, 6) is 0.0204. The number of thioether (sulfide) groups is 1. The van der Waals surface area contributed by atoms with Gasteiger partial charge in [0, 0.05) is 10.9 Å². The molecule has 6 nitrogen and oxygen atoms in total. The lowest BCUT2D eigenvalue weighted by Crippen LogP contribution is -2.42. The molecule has 140 valence electrons. The molecule has 0 radical (unpaired) electrons. The van der Waals surface area contributed by atoms with Crippen molar-refractivity contribution in [3.8, 4) is 0 Å². The Bertz CT molecular complexity index is 686. The van der Waals surface area contributed by atoms with E-state index in [2.05, 4.69) is 12.2 Å². The first-order chi connectivity index (χ1) is 12.5. The van der Waals surface area contributed by atoms with Crippen molar-refractivity contribution in [2.24, 2.45) is 5.92 Å². The molecule has 1 aromatic carbocycles. The number of para-hydroxylation sites is 1. The fourth-order valence-electron chi connectivity index (χ4n) is 3.32. The van der Waals surface area contributed by atoms with E-state index in [9.17, 15) is 14.4 Å². The van der Waals surface area contributed by atoms with Gasteiger partial charge in [-0.3, -0.25) is 19.3 Å². The predicted octanol–water partition coefficient (Wildman–Crippen LogP) is 2.36. The zero-order valence-corrected chi connectivity index (χ0v) is 15.7. The molecule has 7 heteroatoms. The van der Waals surface area contributed by atoms with Crippen LogP contribution in [0, 0.1) is 5.92 Å². The van der Waals surface area contributed by atoms with E-state index in [0.29, 0.717) is 17.4 Å². The summed E-state index contributed by atoms with van der Waals surface area (Å²) in [6, 6.07) is 7.63. The maximum absolute atomic E-state index is 12.1. The van der Waals surface area contributed by atoms with Crippen LogP contribution < -0.4 is 10.2 Å². The van der Waals surface area contributed by atoms with E-state index in [-0.39, 0.29) is 31.0 Å². The molecule has 26 heavy (non-hydrogen) atoms. The smallest absolute Gasteiger partial charge is 0.326 e. The van der Waals surface area contributed by atoms with Crippen LogP contribution in [0.2, 0.25) is 0 Å². The summed E-state index contributed by atoms with van der Waals surface area (Å²) in [6.45, 7) is 1.74. The molecule has 0 spiro atoms. The van der Waals surface area contributed by atoms with Gasteiger partial charge in [-0.2, -0.15) is 0 Å².